The van der Waals surface area contributed by atoms with Crippen molar-refractivity contribution < 1.29 is 9.47 Å². The van der Waals surface area contributed by atoms with Crippen molar-refractivity contribution in [2.24, 2.45) is 10.9 Å². The van der Waals surface area contributed by atoms with E-state index in [9.17, 15) is 0 Å². The third-order valence-electron chi connectivity index (χ3n) is 5.42. The Hall–Kier alpha value is -3.40. The van der Waals surface area contributed by atoms with Gasteiger partial charge in [0.2, 0.25) is 0 Å². The van der Waals surface area contributed by atoms with Crippen molar-refractivity contribution in [3.8, 4) is 17.2 Å². The number of ether oxygens (including phenoxy) is 2. The Bertz CT molecular complexity index is 1100. The average molecular weight is 382 g/mol. The molecule has 1 aromatic heterocycles. The van der Waals surface area contributed by atoms with Gasteiger partial charge in [-0.1, -0.05) is 30.3 Å². The lowest BCUT2D eigenvalue weighted by Crippen LogP contribution is -2.27. The van der Waals surface area contributed by atoms with E-state index in [4.69, 9.17) is 14.5 Å². The molecule has 3 aromatic rings. The van der Waals surface area contributed by atoms with Crippen molar-refractivity contribution >= 4 is 11.3 Å². The maximum Gasteiger partial charge on any atom is 0.130 e. The number of rotatable bonds is 4. The highest BCUT2D eigenvalue weighted by atomic mass is 16.5. The summed E-state index contributed by atoms with van der Waals surface area (Å²) in [6.07, 6.45) is 5.57. The Kier molecular flexibility index (Phi) is 4.60. The fourth-order valence-corrected chi connectivity index (χ4v) is 3.89. The molecule has 2 aliphatic heterocycles. The van der Waals surface area contributed by atoms with Crippen LogP contribution in [0, 0.1) is 12.8 Å². The van der Waals surface area contributed by atoms with E-state index in [-0.39, 0.29) is 0 Å². The van der Waals surface area contributed by atoms with Gasteiger partial charge in [0.1, 0.15) is 17.2 Å². The fraction of sp³-hybridized carbons (Fsp3) is 0.200. The Balaban J connectivity index is 1.29. The second-order valence-electron chi connectivity index (χ2n) is 7.53. The zero-order valence-electron chi connectivity index (χ0n) is 16.3. The Morgan fingerprint density at radius 1 is 1.00 bits per heavy atom. The molecule has 0 aliphatic carbocycles. The molecule has 4 heteroatoms. The van der Waals surface area contributed by atoms with Gasteiger partial charge in [-0.05, 0) is 54.3 Å². The fourth-order valence-electron chi connectivity index (χ4n) is 3.89. The molecule has 0 amide bonds. The molecular formula is C25H22N2O2. The number of aryl methyl sites for hydroxylation is 1. The lowest BCUT2D eigenvalue weighted by molar-refractivity contribution is 0.257. The van der Waals surface area contributed by atoms with Crippen molar-refractivity contribution in [3.63, 3.8) is 0 Å². The minimum atomic E-state index is 0.290. The number of hydrogen-bond donors (Lipinski definition) is 0. The standard InChI is InChI=1S/C25H22N2O2/c1-17-11-23(9-10-26-17)29-22-7-8-25-19(13-22)12-21(16-28-25)24-14-20(15-27-24)18-5-3-2-4-6-18/h2-11,13,15,21H,12,14,16H2,1H3. The first-order valence-corrected chi connectivity index (χ1v) is 9.92. The summed E-state index contributed by atoms with van der Waals surface area (Å²) in [6.45, 7) is 2.63. The van der Waals surface area contributed by atoms with Gasteiger partial charge in [0, 0.05) is 42.2 Å². The maximum absolute atomic E-state index is 6.04. The molecule has 0 N–H and O–H groups in total. The molecule has 0 bridgehead atoms. The molecule has 29 heavy (non-hydrogen) atoms. The number of fused-ring (bicyclic) bond motifs is 1. The van der Waals surface area contributed by atoms with Crippen molar-refractivity contribution in [1.82, 2.24) is 4.98 Å². The molecule has 1 atom stereocenters. The van der Waals surface area contributed by atoms with Crippen LogP contribution in [0.15, 0.2) is 78.1 Å². The number of benzene rings is 2. The lowest BCUT2D eigenvalue weighted by atomic mass is 9.89. The monoisotopic (exact) mass is 382 g/mol. The van der Waals surface area contributed by atoms with Crippen LogP contribution in [0.1, 0.15) is 23.2 Å². The molecule has 2 aromatic carbocycles. The van der Waals surface area contributed by atoms with Crippen LogP contribution in [-0.2, 0) is 6.42 Å². The molecule has 3 heterocycles. The Morgan fingerprint density at radius 3 is 2.72 bits per heavy atom. The SMILES string of the molecule is Cc1cc(Oc2ccc3c(c2)CC(C2=NC=C(c4ccccc4)C2)CO3)ccn1. The predicted molar refractivity (Wildman–Crippen MR) is 115 cm³/mol. The van der Waals surface area contributed by atoms with Crippen LogP contribution in [0.4, 0.5) is 0 Å². The smallest absolute Gasteiger partial charge is 0.130 e. The van der Waals surface area contributed by atoms with E-state index in [0.29, 0.717) is 12.5 Å². The number of hydrogen-bond acceptors (Lipinski definition) is 4. The topological polar surface area (TPSA) is 43.7 Å². The summed E-state index contributed by atoms with van der Waals surface area (Å²) in [5.74, 6) is 2.84. The van der Waals surface area contributed by atoms with Gasteiger partial charge < -0.3 is 9.47 Å². The van der Waals surface area contributed by atoms with Crippen LogP contribution in [0.5, 0.6) is 17.2 Å². The van der Waals surface area contributed by atoms with E-state index in [0.717, 1.165) is 35.8 Å². The van der Waals surface area contributed by atoms with Crippen LogP contribution < -0.4 is 9.47 Å². The number of allylic oxidation sites excluding steroid dienone is 1. The Morgan fingerprint density at radius 2 is 1.86 bits per heavy atom. The van der Waals surface area contributed by atoms with E-state index in [2.05, 4.69) is 35.3 Å². The summed E-state index contributed by atoms with van der Waals surface area (Å²) in [5, 5.41) is 0. The van der Waals surface area contributed by atoms with Crippen LogP contribution in [0.3, 0.4) is 0 Å². The first-order valence-electron chi connectivity index (χ1n) is 9.92. The number of pyridine rings is 1. The third kappa shape index (κ3) is 3.79. The Labute approximate surface area is 170 Å². The summed E-state index contributed by atoms with van der Waals surface area (Å²) in [4.78, 5) is 8.94. The van der Waals surface area contributed by atoms with Gasteiger partial charge in [0.15, 0.2) is 0 Å². The van der Waals surface area contributed by atoms with Gasteiger partial charge >= 0.3 is 0 Å². The lowest BCUT2D eigenvalue weighted by Gasteiger charge is -2.26. The minimum Gasteiger partial charge on any atom is -0.493 e. The summed E-state index contributed by atoms with van der Waals surface area (Å²) in [7, 11) is 0. The highest BCUT2D eigenvalue weighted by molar-refractivity contribution is 6.00. The maximum atomic E-state index is 6.04. The highest BCUT2D eigenvalue weighted by Gasteiger charge is 2.27. The number of aliphatic imine (C=N–C) groups is 1. The van der Waals surface area contributed by atoms with Gasteiger partial charge in [-0.15, -0.1) is 0 Å². The summed E-state index contributed by atoms with van der Waals surface area (Å²) in [5.41, 5.74) is 5.82. The highest BCUT2D eigenvalue weighted by Crippen LogP contribution is 2.35. The van der Waals surface area contributed by atoms with Crippen LogP contribution >= 0.6 is 0 Å². The van der Waals surface area contributed by atoms with Crippen molar-refractivity contribution in [2.75, 3.05) is 6.61 Å². The van der Waals surface area contributed by atoms with Gasteiger partial charge in [-0.3, -0.25) is 9.98 Å². The van der Waals surface area contributed by atoms with Gasteiger partial charge in [0.25, 0.3) is 0 Å². The first-order chi connectivity index (χ1) is 14.2. The van der Waals surface area contributed by atoms with E-state index in [1.54, 1.807) is 6.20 Å². The summed E-state index contributed by atoms with van der Waals surface area (Å²) < 4.78 is 12.1. The largest absolute Gasteiger partial charge is 0.493 e. The third-order valence-corrected chi connectivity index (χ3v) is 5.42. The summed E-state index contributed by atoms with van der Waals surface area (Å²) in [6, 6.07) is 20.3. The van der Waals surface area contributed by atoms with E-state index in [1.807, 2.05) is 43.5 Å². The molecule has 2 aliphatic rings. The second-order valence-corrected chi connectivity index (χ2v) is 7.53. The summed E-state index contributed by atoms with van der Waals surface area (Å²) >= 11 is 0. The number of aromatic nitrogens is 1. The molecule has 144 valence electrons. The molecule has 0 radical (unpaired) electrons. The van der Waals surface area contributed by atoms with Crippen LogP contribution in [0.25, 0.3) is 5.57 Å². The quantitative estimate of drug-likeness (QED) is 0.588. The molecule has 0 spiro atoms. The second kappa shape index (κ2) is 7.55. The van der Waals surface area contributed by atoms with Crippen molar-refractivity contribution in [2.45, 2.75) is 19.8 Å². The van der Waals surface area contributed by atoms with Gasteiger partial charge in [-0.25, -0.2) is 0 Å². The van der Waals surface area contributed by atoms with Crippen LogP contribution in [-0.4, -0.2) is 17.3 Å². The van der Waals surface area contributed by atoms with Crippen molar-refractivity contribution in [3.05, 3.63) is 89.9 Å². The van der Waals surface area contributed by atoms with Crippen LogP contribution in [0.2, 0.25) is 0 Å². The normalized spacial score (nSPS) is 17.8. The molecule has 0 saturated carbocycles. The van der Waals surface area contributed by atoms with E-state index >= 15 is 0 Å². The van der Waals surface area contributed by atoms with Gasteiger partial charge in [-0.2, -0.15) is 0 Å². The molecule has 0 saturated heterocycles. The zero-order valence-corrected chi connectivity index (χ0v) is 16.3. The molecular weight excluding hydrogens is 360 g/mol. The minimum absolute atomic E-state index is 0.290. The van der Waals surface area contributed by atoms with Gasteiger partial charge in [0.05, 0.1) is 6.61 Å². The molecule has 5 rings (SSSR count). The molecule has 0 fully saturated rings. The predicted octanol–water partition coefficient (Wildman–Crippen LogP) is 5.62. The van der Waals surface area contributed by atoms with E-state index < -0.39 is 0 Å². The molecule has 4 nitrogen and oxygen atoms in total. The number of nitrogens with zero attached hydrogens (tertiary/aromatic N) is 2. The average Bonchev–Trinajstić information content (AvgIpc) is 3.24. The van der Waals surface area contributed by atoms with Crippen molar-refractivity contribution in [1.29, 1.82) is 0 Å². The zero-order chi connectivity index (χ0) is 19.6. The first kappa shape index (κ1) is 17.7. The molecule has 1 unspecified atom stereocenters. The van der Waals surface area contributed by atoms with E-state index in [1.165, 1.54) is 22.4 Å².